The Morgan fingerprint density at radius 1 is 1.00 bits per heavy atom. The van der Waals surface area contributed by atoms with E-state index in [1.807, 2.05) is 32.9 Å². The van der Waals surface area contributed by atoms with Crippen molar-refractivity contribution in [2.75, 3.05) is 0 Å². The van der Waals surface area contributed by atoms with Crippen molar-refractivity contribution in [2.45, 2.75) is 20.8 Å². The van der Waals surface area contributed by atoms with E-state index in [1.54, 1.807) is 6.07 Å². The van der Waals surface area contributed by atoms with Crippen molar-refractivity contribution in [3.8, 4) is 11.1 Å². The van der Waals surface area contributed by atoms with Crippen LogP contribution in [0.5, 0.6) is 0 Å². The Hall–Kier alpha value is -2.16. The number of carboxylic acids is 1. The molecule has 98 valence electrons. The predicted octanol–water partition coefficient (Wildman–Crippen LogP) is 4.12. The van der Waals surface area contributed by atoms with Gasteiger partial charge in [-0.1, -0.05) is 18.2 Å². The molecule has 2 nitrogen and oxygen atoms in total. The zero-order chi connectivity index (χ0) is 14.2. The molecule has 0 aliphatic carbocycles. The van der Waals surface area contributed by atoms with Crippen LogP contribution in [0.15, 0.2) is 30.3 Å². The van der Waals surface area contributed by atoms with Crippen molar-refractivity contribution in [3.63, 3.8) is 0 Å². The molecule has 0 radical (unpaired) electrons. The van der Waals surface area contributed by atoms with Crippen LogP contribution in [0, 0.1) is 26.6 Å². The number of hydrogen-bond acceptors (Lipinski definition) is 1. The number of halogens is 1. The number of carbonyl (C=O) groups is 1. The van der Waals surface area contributed by atoms with E-state index in [9.17, 15) is 9.18 Å². The summed E-state index contributed by atoms with van der Waals surface area (Å²) in [5.41, 5.74) is 4.69. The molecule has 0 amide bonds. The second kappa shape index (κ2) is 4.84. The molecule has 0 aliphatic heterocycles. The van der Waals surface area contributed by atoms with Crippen LogP contribution < -0.4 is 0 Å². The van der Waals surface area contributed by atoms with Gasteiger partial charge < -0.3 is 5.11 Å². The van der Waals surface area contributed by atoms with Crippen LogP contribution >= 0.6 is 0 Å². The third-order valence-corrected chi connectivity index (χ3v) is 3.35. The molecule has 0 fully saturated rings. The molecule has 0 heterocycles. The summed E-state index contributed by atoms with van der Waals surface area (Å²) in [4.78, 5) is 10.8. The zero-order valence-electron chi connectivity index (χ0n) is 11.1. The van der Waals surface area contributed by atoms with E-state index in [4.69, 9.17) is 5.11 Å². The molecule has 0 aromatic heterocycles. The SMILES string of the molecule is Cc1cc(C)c(-c2ccc(C(=O)O)c(F)c2)cc1C. The van der Waals surface area contributed by atoms with Gasteiger partial charge >= 0.3 is 5.97 Å². The van der Waals surface area contributed by atoms with E-state index in [0.717, 1.165) is 16.7 Å². The lowest BCUT2D eigenvalue weighted by molar-refractivity contribution is 0.0692. The monoisotopic (exact) mass is 258 g/mol. The van der Waals surface area contributed by atoms with E-state index >= 15 is 0 Å². The molecule has 1 N–H and O–H groups in total. The first-order valence-electron chi connectivity index (χ1n) is 6.01. The van der Waals surface area contributed by atoms with E-state index in [-0.39, 0.29) is 5.56 Å². The van der Waals surface area contributed by atoms with Crippen molar-refractivity contribution < 1.29 is 14.3 Å². The van der Waals surface area contributed by atoms with Crippen LogP contribution in [0.25, 0.3) is 11.1 Å². The Labute approximate surface area is 111 Å². The van der Waals surface area contributed by atoms with Crippen molar-refractivity contribution in [1.29, 1.82) is 0 Å². The quantitative estimate of drug-likeness (QED) is 0.879. The normalized spacial score (nSPS) is 10.5. The molecule has 0 unspecified atom stereocenters. The molecule has 2 rings (SSSR count). The van der Waals surface area contributed by atoms with Crippen LogP contribution in [0.3, 0.4) is 0 Å². The van der Waals surface area contributed by atoms with Crippen LogP contribution in [0.1, 0.15) is 27.0 Å². The molecular formula is C16H15FO2. The summed E-state index contributed by atoms with van der Waals surface area (Å²) in [7, 11) is 0. The van der Waals surface area contributed by atoms with Gasteiger partial charge in [-0.3, -0.25) is 0 Å². The molecule has 2 aromatic carbocycles. The largest absolute Gasteiger partial charge is 0.478 e. The maximum Gasteiger partial charge on any atom is 0.338 e. The van der Waals surface area contributed by atoms with Gasteiger partial charge in [0, 0.05) is 0 Å². The van der Waals surface area contributed by atoms with Gasteiger partial charge in [-0.05, 0) is 60.7 Å². The fourth-order valence-electron chi connectivity index (χ4n) is 2.13. The molecule has 0 bridgehead atoms. The topological polar surface area (TPSA) is 37.3 Å². The summed E-state index contributed by atoms with van der Waals surface area (Å²) < 4.78 is 13.7. The maximum atomic E-state index is 13.7. The zero-order valence-corrected chi connectivity index (χ0v) is 11.1. The molecule has 0 spiro atoms. The lowest BCUT2D eigenvalue weighted by Gasteiger charge is -2.11. The summed E-state index contributed by atoms with van der Waals surface area (Å²) in [6.07, 6.45) is 0. The van der Waals surface area contributed by atoms with Gasteiger partial charge in [0.05, 0.1) is 5.56 Å². The van der Waals surface area contributed by atoms with Crippen LogP contribution in [-0.4, -0.2) is 11.1 Å². The third-order valence-electron chi connectivity index (χ3n) is 3.35. The summed E-state index contributed by atoms with van der Waals surface area (Å²) >= 11 is 0. The number of hydrogen-bond donors (Lipinski definition) is 1. The molecule has 0 saturated heterocycles. The molecule has 0 aliphatic rings. The summed E-state index contributed by atoms with van der Waals surface area (Å²) in [6, 6.07) is 8.28. The summed E-state index contributed by atoms with van der Waals surface area (Å²) in [5.74, 6) is -1.96. The minimum absolute atomic E-state index is 0.301. The average Bonchev–Trinajstić information content (AvgIpc) is 2.33. The first kappa shape index (κ1) is 13.3. The Kier molecular flexibility index (Phi) is 3.38. The smallest absolute Gasteiger partial charge is 0.338 e. The van der Waals surface area contributed by atoms with Gasteiger partial charge in [0.1, 0.15) is 5.82 Å². The van der Waals surface area contributed by atoms with Gasteiger partial charge in [-0.25, -0.2) is 9.18 Å². The molecule has 19 heavy (non-hydrogen) atoms. The van der Waals surface area contributed by atoms with Gasteiger partial charge in [0.15, 0.2) is 0 Å². The van der Waals surface area contributed by atoms with Crippen LogP contribution in [0.4, 0.5) is 4.39 Å². The highest BCUT2D eigenvalue weighted by atomic mass is 19.1. The van der Waals surface area contributed by atoms with Gasteiger partial charge in [0.2, 0.25) is 0 Å². The van der Waals surface area contributed by atoms with Crippen LogP contribution in [0.2, 0.25) is 0 Å². The Balaban J connectivity index is 2.57. The van der Waals surface area contributed by atoms with Crippen molar-refractivity contribution >= 4 is 5.97 Å². The Morgan fingerprint density at radius 2 is 1.63 bits per heavy atom. The average molecular weight is 258 g/mol. The summed E-state index contributed by atoms with van der Waals surface area (Å²) in [5, 5.41) is 8.82. The number of benzene rings is 2. The van der Waals surface area contributed by atoms with Crippen molar-refractivity contribution in [2.24, 2.45) is 0 Å². The lowest BCUT2D eigenvalue weighted by Crippen LogP contribution is -2.00. The molecular weight excluding hydrogens is 243 g/mol. The number of carboxylic acid groups (broad SMARTS) is 1. The minimum atomic E-state index is -1.25. The molecule has 0 saturated carbocycles. The maximum absolute atomic E-state index is 13.7. The Bertz CT molecular complexity index is 660. The number of aromatic carboxylic acids is 1. The fraction of sp³-hybridized carbons (Fsp3) is 0.188. The van der Waals surface area contributed by atoms with Crippen LogP contribution in [-0.2, 0) is 0 Å². The van der Waals surface area contributed by atoms with Crippen molar-refractivity contribution in [1.82, 2.24) is 0 Å². The first-order chi connectivity index (χ1) is 8.90. The predicted molar refractivity (Wildman–Crippen MR) is 73.0 cm³/mol. The fourth-order valence-corrected chi connectivity index (χ4v) is 2.13. The molecule has 2 aromatic rings. The minimum Gasteiger partial charge on any atom is -0.478 e. The van der Waals surface area contributed by atoms with E-state index < -0.39 is 11.8 Å². The first-order valence-corrected chi connectivity index (χ1v) is 6.01. The second-order valence-electron chi connectivity index (χ2n) is 4.75. The summed E-state index contributed by atoms with van der Waals surface area (Å²) in [6.45, 7) is 5.99. The van der Waals surface area contributed by atoms with Gasteiger partial charge in [0.25, 0.3) is 0 Å². The lowest BCUT2D eigenvalue weighted by atomic mass is 9.95. The molecule has 0 atom stereocenters. The Morgan fingerprint density at radius 3 is 2.21 bits per heavy atom. The second-order valence-corrected chi connectivity index (χ2v) is 4.75. The van der Waals surface area contributed by atoms with Crippen molar-refractivity contribution in [3.05, 3.63) is 58.4 Å². The van der Waals surface area contributed by atoms with Gasteiger partial charge in [-0.15, -0.1) is 0 Å². The molecule has 3 heteroatoms. The van der Waals surface area contributed by atoms with Gasteiger partial charge in [-0.2, -0.15) is 0 Å². The number of rotatable bonds is 2. The highest BCUT2D eigenvalue weighted by molar-refractivity contribution is 5.88. The number of aryl methyl sites for hydroxylation is 3. The third kappa shape index (κ3) is 2.50. The highest BCUT2D eigenvalue weighted by Gasteiger charge is 2.12. The standard InChI is InChI=1S/C16H15FO2/c1-9-6-11(3)14(7-10(9)2)12-4-5-13(16(18)19)15(17)8-12/h4-8H,1-3H3,(H,18,19). The van der Waals surface area contributed by atoms with E-state index in [0.29, 0.717) is 5.56 Å². The van der Waals surface area contributed by atoms with E-state index in [2.05, 4.69) is 0 Å². The highest BCUT2D eigenvalue weighted by Crippen LogP contribution is 2.27. The van der Waals surface area contributed by atoms with E-state index in [1.165, 1.54) is 17.7 Å².